The molecule has 0 aliphatic carbocycles. The maximum absolute atomic E-state index is 5.29. The number of aromatic nitrogens is 3. The lowest BCUT2D eigenvalue weighted by atomic mass is 10.0. The predicted octanol–water partition coefficient (Wildman–Crippen LogP) is 13.9. The second-order valence-corrected chi connectivity index (χ2v) is 15.7. The van der Waals surface area contributed by atoms with E-state index in [0.29, 0.717) is 0 Å². The van der Waals surface area contributed by atoms with Crippen LogP contribution in [0.25, 0.3) is 112 Å². The zero-order chi connectivity index (χ0) is 34.6. The second kappa shape index (κ2) is 11.1. The molecule has 0 fully saturated rings. The Kier molecular flexibility index (Phi) is 6.09. The molecule has 0 unspecified atom stereocenters. The van der Waals surface area contributed by atoms with Crippen molar-refractivity contribution in [3.8, 4) is 28.3 Å². The first-order chi connectivity index (χ1) is 26.3. The Labute approximate surface area is 311 Å². The average Bonchev–Trinajstić information content (AvgIpc) is 3.90. The van der Waals surface area contributed by atoms with Crippen molar-refractivity contribution in [2.75, 3.05) is 0 Å². The lowest BCUT2D eigenvalue weighted by Gasteiger charge is -2.16. The van der Waals surface area contributed by atoms with Crippen molar-refractivity contribution in [2.45, 2.75) is 0 Å². The first-order valence-corrected chi connectivity index (χ1v) is 19.5. The van der Waals surface area contributed by atoms with E-state index in [9.17, 15) is 0 Å². The summed E-state index contributed by atoms with van der Waals surface area (Å²) in [6.45, 7) is 0. The highest BCUT2D eigenvalue weighted by Crippen LogP contribution is 2.52. The molecular weight excluding hydrogens is 683 g/mol. The van der Waals surface area contributed by atoms with Gasteiger partial charge < -0.3 is 4.57 Å². The van der Waals surface area contributed by atoms with E-state index in [-0.39, 0.29) is 0 Å². The van der Waals surface area contributed by atoms with E-state index >= 15 is 0 Å². The molecule has 3 nitrogen and oxygen atoms in total. The van der Waals surface area contributed by atoms with E-state index in [4.69, 9.17) is 9.97 Å². The second-order valence-electron chi connectivity index (χ2n) is 13.6. The maximum atomic E-state index is 5.29. The normalized spacial score (nSPS) is 12.2. The first-order valence-electron chi connectivity index (χ1n) is 17.8. The van der Waals surface area contributed by atoms with Crippen LogP contribution in [0.1, 0.15) is 0 Å². The number of hydrogen-bond donors (Lipinski definition) is 0. The zero-order valence-electron chi connectivity index (χ0n) is 28.2. The maximum Gasteiger partial charge on any atom is 0.161 e. The molecular formula is C48H27N3S2. The summed E-state index contributed by atoms with van der Waals surface area (Å²) in [4.78, 5) is 10.5. The zero-order valence-corrected chi connectivity index (χ0v) is 29.9. The van der Waals surface area contributed by atoms with Crippen molar-refractivity contribution < 1.29 is 0 Å². The van der Waals surface area contributed by atoms with Crippen molar-refractivity contribution in [3.05, 3.63) is 164 Å². The molecule has 0 amide bonds. The van der Waals surface area contributed by atoms with Crippen LogP contribution in [0.2, 0.25) is 0 Å². The van der Waals surface area contributed by atoms with E-state index in [1.807, 2.05) is 28.7 Å². The fraction of sp³-hybridized carbons (Fsp3) is 0. The van der Waals surface area contributed by atoms with Crippen LogP contribution in [0.3, 0.4) is 0 Å². The third-order valence-corrected chi connectivity index (χ3v) is 13.2. The Morgan fingerprint density at radius 3 is 1.74 bits per heavy atom. The van der Waals surface area contributed by atoms with Gasteiger partial charge in [0.05, 0.1) is 27.9 Å². The van der Waals surface area contributed by atoms with Gasteiger partial charge >= 0.3 is 0 Å². The lowest BCUT2D eigenvalue weighted by Crippen LogP contribution is -1.99. The van der Waals surface area contributed by atoms with Gasteiger partial charge in [-0.2, -0.15) is 0 Å². The third-order valence-electron chi connectivity index (χ3n) is 10.8. The van der Waals surface area contributed by atoms with Crippen molar-refractivity contribution in [1.29, 1.82) is 0 Å². The van der Waals surface area contributed by atoms with Crippen molar-refractivity contribution >= 4 is 106 Å². The van der Waals surface area contributed by atoms with Gasteiger partial charge in [-0.25, -0.2) is 9.97 Å². The summed E-state index contributed by atoms with van der Waals surface area (Å²) in [6.07, 6.45) is 0. The summed E-state index contributed by atoms with van der Waals surface area (Å²) in [5.74, 6) is 0.728. The Balaban J connectivity index is 1.22. The molecule has 0 aliphatic heterocycles. The summed E-state index contributed by atoms with van der Waals surface area (Å²) < 4.78 is 7.89. The molecule has 4 heterocycles. The standard InChI is InChI=1S/C48H27N3S2/c1-2-14-28(15-3-1)44-32-18-6-10-22-36(32)49-48(50-44)31-26-27-38(30-17-5-4-16-29(30)31)51-37-23-11-7-19-33(37)41-45(51)42-34-20-8-12-24-39(34)52-47(42)43-35-21-9-13-25-40(35)53-46(41)43/h1-27H. The van der Waals surface area contributed by atoms with Crippen LogP contribution in [0.4, 0.5) is 0 Å². The molecule has 12 aromatic rings. The average molecular weight is 710 g/mol. The van der Waals surface area contributed by atoms with Crippen LogP contribution >= 0.6 is 22.7 Å². The molecule has 246 valence electrons. The molecule has 0 N–H and O–H groups in total. The van der Waals surface area contributed by atoms with Crippen LogP contribution in [-0.2, 0) is 0 Å². The van der Waals surface area contributed by atoms with E-state index in [1.54, 1.807) is 0 Å². The molecule has 0 saturated carbocycles. The minimum Gasteiger partial charge on any atom is -0.308 e. The Hall–Kier alpha value is -6.40. The van der Waals surface area contributed by atoms with Gasteiger partial charge in [0.15, 0.2) is 5.82 Å². The number of para-hydroxylation sites is 2. The van der Waals surface area contributed by atoms with Crippen LogP contribution in [-0.4, -0.2) is 14.5 Å². The molecule has 0 aliphatic rings. The number of fused-ring (bicyclic) bond motifs is 14. The van der Waals surface area contributed by atoms with Crippen LogP contribution < -0.4 is 0 Å². The van der Waals surface area contributed by atoms with Gasteiger partial charge in [-0.3, -0.25) is 0 Å². The molecule has 8 aromatic carbocycles. The van der Waals surface area contributed by atoms with Gasteiger partial charge in [0, 0.05) is 73.0 Å². The van der Waals surface area contributed by atoms with Gasteiger partial charge in [-0.05, 0) is 41.8 Å². The number of benzene rings is 8. The van der Waals surface area contributed by atoms with Crippen molar-refractivity contribution in [1.82, 2.24) is 14.5 Å². The van der Waals surface area contributed by atoms with E-state index < -0.39 is 0 Å². The highest BCUT2D eigenvalue weighted by molar-refractivity contribution is 7.30. The molecule has 53 heavy (non-hydrogen) atoms. The number of thiophene rings is 2. The molecule has 4 aromatic heterocycles. The Bertz CT molecular complexity index is 3430. The fourth-order valence-electron chi connectivity index (χ4n) is 8.55. The highest BCUT2D eigenvalue weighted by atomic mass is 32.1. The van der Waals surface area contributed by atoms with Gasteiger partial charge in [-0.1, -0.05) is 127 Å². The predicted molar refractivity (Wildman–Crippen MR) is 228 cm³/mol. The smallest absolute Gasteiger partial charge is 0.161 e. The fourth-order valence-corrected chi connectivity index (χ4v) is 11.1. The summed E-state index contributed by atoms with van der Waals surface area (Å²) >= 11 is 3.84. The molecule has 0 radical (unpaired) electrons. The van der Waals surface area contributed by atoms with Crippen LogP contribution in [0, 0.1) is 0 Å². The molecule has 0 saturated heterocycles. The lowest BCUT2D eigenvalue weighted by molar-refractivity contribution is 1.20. The highest BCUT2D eigenvalue weighted by Gasteiger charge is 2.25. The molecule has 5 heteroatoms. The largest absolute Gasteiger partial charge is 0.308 e. The summed E-state index contributed by atoms with van der Waals surface area (Å²) in [6, 6.07) is 58.9. The van der Waals surface area contributed by atoms with Crippen LogP contribution in [0.15, 0.2) is 164 Å². The molecule has 0 spiro atoms. The summed E-state index contributed by atoms with van der Waals surface area (Å²) in [7, 11) is 0. The number of rotatable bonds is 3. The van der Waals surface area contributed by atoms with Crippen molar-refractivity contribution in [2.24, 2.45) is 0 Å². The van der Waals surface area contributed by atoms with E-state index in [1.165, 1.54) is 62.2 Å². The Morgan fingerprint density at radius 1 is 0.415 bits per heavy atom. The minimum absolute atomic E-state index is 0.728. The van der Waals surface area contributed by atoms with Gasteiger partial charge in [0.1, 0.15) is 0 Å². The summed E-state index contributed by atoms with van der Waals surface area (Å²) in [5.41, 5.74) is 7.60. The third kappa shape index (κ3) is 4.09. The topological polar surface area (TPSA) is 30.7 Å². The summed E-state index contributed by atoms with van der Waals surface area (Å²) in [5, 5.41) is 11.3. The monoisotopic (exact) mass is 709 g/mol. The van der Waals surface area contributed by atoms with Gasteiger partial charge in [-0.15, -0.1) is 22.7 Å². The molecule has 12 rings (SSSR count). The molecule has 0 bridgehead atoms. The Morgan fingerprint density at radius 2 is 0.981 bits per heavy atom. The minimum atomic E-state index is 0.728. The van der Waals surface area contributed by atoms with Crippen molar-refractivity contribution in [3.63, 3.8) is 0 Å². The van der Waals surface area contributed by atoms with Crippen LogP contribution in [0.5, 0.6) is 0 Å². The van der Waals surface area contributed by atoms with Gasteiger partial charge in [0.25, 0.3) is 0 Å². The molecule has 0 atom stereocenters. The quantitative estimate of drug-likeness (QED) is 0.183. The number of nitrogens with zero attached hydrogens (tertiary/aromatic N) is 3. The van der Waals surface area contributed by atoms with E-state index in [0.717, 1.165) is 50.0 Å². The number of hydrogen-bond acceptors (Lipinski definition) is 4. The van der Waals surface area contributed by atoms with E-state index in [2.05, 4.69) is 162 Å². The van der Waals surface area contributed by atoms with Gasteiger partial charge in [0.2, 0.25) is 0 Å². The SMILES string of the molecule is c1ccc(-c2nc(-c3ccc(-n4c5ccccc5c5c6sc7ccccc7c6c6sc7ccccc7c6c54)c4ccccc34)nc3ccccc23)cc1. The first kappa shape index (κ1) is 29.2.